The number of anilines is 1. The molecule has 19 heteroatoms. The predicted octanol–water partition coefficient (Wildman–Crippen LogP) is 9.35. The number of aromatic nitrogens is 6. The van der Waals surface area contributed by atoms with Crippen LogP contribution in [-0.2, 0) is 9.84 Å². The van der Waals surface area contributed by atoms with Crippen LogP contribution in [0, 0.1) is 13.8 Å². The zero-order valence-corrected chi connectivity index (χ0v) is 35.3. The van der Waals surface area contributed by atoms with Gasteiger partial charge in [0.15, 0.2) is 16.4 Å². The van der Waals surface area contributed by atoms with Crippen molar-refractivity contribution in [1.29, 1.82) is 0 Å². The number of fused-ring (bicyclic) bond motifs is 2. The van der Waals surface area contributed by atoms with Gasteiger partial charge in [-0.25, -0.2) is 23.4 Å². The lowest BCUT2D eigenvalue weighted by Gasteiger charge is -2.10. The molecule has 0 aliphatic rings. The van der Waals surface area contributed by atoms with Gasteiger partial charge in [-0.15, -0.1) is 0 Å². The fourth-order valence-electron chi connectivity index (χ4n) is 5.45. The van der Waals surface area contributed by atoms with E-state index in [1.165, 1.54) is 28.7 Å². The minimum absolute atomic E-state index is 0. The summed E-state index contributed by atoms with van der Waals surface area (Å²) in [7, 11) is -3.48. The average molecular weight is 936 g/mol. The predicted molar refractivity (Wildman–Crippen MR) is 253 cm³/mol. The van der Waals surface area contributed by atoms with Crippen molar-refractivity contribution in [3.63, 3.8) is 0 Å². The molecule has 3 N–H and O–H groups in total. The van der Waals surface area contributed by atoms with E-state index in [0.717, 1.165) is 33.8 Å². The van der Waals surface area contributed by atoms with Crippen LogP contribution in [0.2, 0.25) is 10.0 Å². The standard InChI is InChI=1S/C19H13ClN4O2S.C14H12ClN3O3S2.C7H7NO.3CH4/c1-11-6-5-9-13(20)14(11)24-10-21-16-15(18(24)26)27-19(22-16)23-17(25)12-7-3-2-4-8-12;1-3-23(20,21)14-17-12-11(22-14)13(19)18(7-16-12)10-8(2)5-4-6-9(10)15;8-7(9)6-4-2-1-3-5-6;;;/h2-10H,1H3,(H,22,23,25);4-7H,3H2,1-2H3;1-5H,(H2,8,9);3*1H4. The molecule has 0 saturated carbocycles. The fraction of sp³-hybridized carbons (Fsp3) is 0.163. The second kappa shape index (κ2) is 21.6. The number of nitrogens with zero attached hydrogens (tertiary/aromatic N) is 6. The van der Waals surface area contributed by atoms with Crippen LogP contribution in [0.25, 0.3) is 32.1 Å². The second-order valence-corrected chi connectivity index (χ2v) is 17.7. The molecule has 0 fully saturated rings. The van der Waals surface area contributed by atoms with Crippen molar-refractivity contribution in [3.05, 3.63) is 163 Å². The zero-order valence-electron chi connectivity index (χ0n) is 31.3. The van der Waals surface area contributed by atoms with E-state index in [4.69, 9.17) is 28.9 Å². The molecule has 8 rings (SSSR count). The Balaban J connectivity index is 0.000000267. The number of carbonyl (C=O) groups is 2. The Bertz CT molecular complexity index is 3040. The summed E-state index contributed by atoms with van der Waals surface area (Å²) in [6.07, 6.45) is 2.72. The number of rotatable bonds is 7. The van der Waals surface area contributed by atoms with Crippen molar-refractivity contribution < 1.29 is 18.0 Å². The summed E-state index contributed by atoms with van der Waals surface area (Å²) in [6, 6.07) is 28.3. The Morgan fingerprint density at radius 2 is 1.13 bits per heavy atom. The van der Waals surface area contributed by atoms with Crippen LogP contribution in [0.3, 0.4) is 0 Å². The van der Waals surface area contributed by atoms with Gasteiger partial charge in [-0.05, 0) is 61.4 Å². The van der Waals surface area contributed by atoms with Gasteiger partial charge in [0.1, 0.15) is 22.1 Å². The maximum absolute atomic E-state index is 12.9. The number of aryl methyl sites for hydroxylation is 2. The number of halogens is 2. The molecule has 324 valence electrons. The van der Waals surface area contributed by atoms with Crippen LogP contribution in [0.4, 0.5) is 5.13 Å². The number of carbonyl (C=O) groups excluding carboxylic acids is 2. The lowest BCUT2D eigenvalue weighted by molar-refractivity contribution is 0.0997. The van der Waals surface area contributed by atoms with E-state index in [-0.39, 0.29) is 71.3 Å². The molecular weight excluding hydrogens is 892 g/mol. The molecule has 0 aliphatic heterocycles. The molecule has 4 heterocycles. The van der Waals surface area contributed by atoms with Crippen LogP contribution in [0.5, 0.6) is 0 Å². The summed E-state index contributed by atoms with van der Waals surface area (Å²) >= 11 is 14.4. The van der Waals surface area contributed by atoms with Gasteiger partial charge in [0, 0.05) is 11.1 Å². The molecule has 62 heavy (non-hydrogen) atoms. The summed E-state index contributed by atoms with van der Waals surface area (Å²) in [5.74, 6) is -0.752. The number of primary amides is 1. The van der Waals surface area contributed by atoms with E-state index in [2.05, 4.69) is 25.3 Å². The molecule has 0 atom stereocenters. The Morgan fingerprint density at radius 3 is 1.56 bits per heavy atom. The van der Waals surface area contributed by atoms with E-state index in [9.17, 15) is 27.6 Å². The minimum Gasteiger partial charge on any atom is -0.366 e. The van der Waals surface area contributed by atoms with Gasteiger partial charge in [-0.3, -0.25) is 33.6 Å². The maximum Gasteiger partial charge on any atom is 0.277 e. The third-order valence-corrected chi connectivity index (χ3v) is 13.2. The van der Waals surface area contributed by atoms with Gasteiger partial charge in [-0.1, -0.05) is 136 Å². The molecule has 4 aromatic carbocycles. The average Bonchev–Trinajstić information content (AvgIpc) is 3.87. The molecule has 0 saturated heterocycles. The number of sulfone groups is 1. The first kappa shape index (κ1) is 50.2. The maximum atomic E-state index is 12.9. The molecule has 8 aromatic rings. The number of benzene rings is 4. The first-order valence-corrected chi connectivity index (χ1v) is 21.5. The van der Waals surface area contributed by atoms with Crippen molar-refractivity contribution in [2.75, 3.05) is 11.1 Å². The number of hydrogen-bond donors (Lipinski definition) is 2. The summed E-state index contributed by atoms with van der Waals surface area (Å²) in [6.45, 7) is 5.23. The van der Waals surface area contributed by atoms with Gasteiger partial charge in [0.05, 0.1) is 27.2 Å². The van der Waals surface area contributed by atoms with Crippen molar-refractivity contribution in [2.45, 2.75) is 47.4 Å². The van der Waals surface area contributed by atoms with E-state index in [0.29, 0.717) is 42.4 Å². The first-order valence-electron chi connectivity index (χ1n) is 17.4. The van der Waals surface area contributed by atoms with E-state index in [1.807, 2.05) is 44.2 Å². The Kier molecular flexibility index (Phi) is 17.5. The Hall–Kier alpha value is -6.11. The minimum atomic E-state index is -3.48. The SMILES string of the molecule is C.C.C.CCS(=O)(=O)c1nc2ncn(-c3c(C)cccc3Cl)c(=O)c2s1.Cc1cccc(Cl)c1-n1cnc2nc(NC(=O)c3ccccc3)sc2c1=O.NC(=O)c1ccccc1. The van der Waals surface area contributed by atoms with E-state index >= 15 is 0 Å². The smallest absolute Gasteiger partial charge is 0.277 e. The molecule has 4 aromatic heterocycles. The van der Waals surface area contributed by atoms with Crippen LogP contribution in [0.15, 0.2) is 124 Å². The van der Waals surface area contributed by atoms with Gasteiger partial charge in [-0.2, -0.15) is 4.98 Å². The third-order valence-electron chi connectivity index (χ3n) is 8.44. The van der Waals surface area contributed by atoms with Crippen molar-refractivity contribution in [1.82, 2.24) is 29.1 Å². The lowest BCUT2D eigenvalue weighted by Crippen LogP contribution is -2.19. The fourth-order valence-corrected chi connectivity index (χ4v) is 9.19. The van der Waals surface area contributed by atoms with Crippen LogP contribution in [0.1, 0.15) is 61.0 Å². The van der Waals surface area contributed by atoms with E-state index < -0.39 is 9.84 Å². The lowest BCUT2D eigenvalue weighted by atomic mass is 10.2. The molecule has 0 radical (unpaired) electrons. The zero-order chi connectivity index (χ0) is 42.4. The van der Waals surface area contributed by atoms with Crippen molar-refractivity contribution >= 4 is 93.4 Å². The normalized spacial score (nSPS) is 10.5. The summed E-state index contributed by atoms with van der Waals surface area (Å²) < 4.78 is 27.0. The van der Waals surface area contributed by atoms with Gasteiger partial charge in [0.2, 0.25) is 20.1 Å². The third kappa shape index (κ3) is 11.0. The van der Waals surface area contributed by atoms with Crippen molar-refractivity contribution in [3.8, 4) is 11.4 Å². The summed E-state index contributed by atoms with van der Waals surface area (Å²) in [5.41, 5.74) is 8.56. The number of hydrogen-bond acceptors (Lipinski definition) is 12. The highest BCUT2D eigenvalue weighted by Gasteiger charge is 2.21. The second-order valence-electron chi connectivity index (χ2n) is 12.4. The molecule has 0 bridgehead atoms. The first-order chi connectivity index (χ1) is 28.2. The molecule has 14 nitrogen and oxygen atoms in total. The molecular formula is C43H44Cl2N8O6S3. The Morgan fingerprint density at radius 1 is 0.677 bits per heavy atom. The van der Waals surface area contributed by atoms with E-state index in [1.54, 1.807) is 66.7 Å². The van der Waals surface area contributed by atoms with Crippen molar-refractivity contribution in [2.24, 2.45) is 5.73 Å². The summed E-state index contributed by atoms with van der Waals surface area (Å²) in [5, 5.41) is 3.90. The monoisotopic (exact) mass is 934 g/mol. The number of nitrogens with two attached hydrogens (primary N) is 1. The van der Waals surface area contributed by atoms with Gasteiger partial charge < -0.3 is 5.73 Å². The molecule has 0 aliphatic carbocycles. The highest BCUT2D eigenvalue weighted by atomic mass is 35.5. The van der Waals surface area contributed by atoms with Gasteiger partial charge >= 0.3 is 0 Å². The summed E-state index contributed by atoms with van der Waals surface area (Å²) in [4.78, 5) is 64.9. The number of para-hydroxylation sites is 2. The van der Waals surface area contributed by atoms with Gasteiger partial charge in [0.25, 0.3) is 17.0 Å². The number of amides is 2. The molecule has 2 amide bonds. The van der Waals surface area contributed by atoms with Crippen LogP contribution < -0.4 is 22.2 Å². The van der Waals surface area contributed by atoms with Crippen LogP contribution in [-0.4, -0.2) is 55.1 Å². The number of nitrogens with one attached hydrogen (secondary N) is 1. The quantitative estimate of drug-likeness (QED) is 0.155. The molecule has 0 spiro atoms. The topological polar surface area (TPSA) is 202 Å². The highest BCUT2D eigenvalue weighted by molar-refractivity contribution is 7.93. The number of thiazole rings is 2. The largest absolute Gasteiger partial charge is 0.366 e. The van der Waals surface area contributed by atoms with Crippen LogP contribution >= 0.6 is 45.9 Å². The highest BCUT2D eigenvalue weighted by Crippen LogP contribution is 2.27. The molecule has 0 unspecified atom stereocenters. The Labute approximate surface area is 376 Å².